The summed E-state index contributed by atoms with van der Waals surface area (Å²) in [7, 11) is 3.45. The lowest BCUT2D eigenvalue weighted by atomic mass is 9.91. The predicted molar refractivity (Wildman–Crippen MR) is 148 cm³/mol. The summed E-state index contributed by atoms with van der Waals surface area (Å²) < 4.78 is 17.9. The Morgan fingerprint density at radius 1 is 0.811 bits per heavy atom. The van der Waals surface area contributed by atoms with Crippen LogP contribution in [0.3, 0.4) is 0 Å². The second kappa shape index (κ2) is 10.0. The van der Waals surface area contributed by atoms with Gasteiger partial charge in [0.2, 0.25) is 0 Å². The average molecular weight is 491 g/mol. The van der Waals surface area contributed by atoms with E-state index in [-0.39, 0.29) is 6.04 Å². The van der Waals surface area contributed by atoms with Crippen molar-refractivity contribution in [2.45, 2.75) is 19.1 Å². The highest BCUT2D eigenvalue weighted by Crippen LogP contribution is 2.43. The van der Waals surface area contributed by atoms with Gasteiger partial charge in [-0.25, -0.2) is 0 Å². The molecule has 4 aromatic carbocycles. The van der Waals surface area contributed by atoms with E-state index in [1.807, 2.05) is 42.5 Å². The zero-order valence-electron chi connectivity index (χ0n) is 21.1. The van der Waals surface area contributed by atoms with Crippen LogP contribution in [0.2, 0.25) is 0 Å². The smallest absolute Gasteiger partial charge is 0.127 e. The van der Waals surface area contributed by atoms with Gasteiger partial charge in [0.05, 0.1) is 20.3 Å². The molecule has 5 nitrogen and oxygen atoms in total. The number of hydrogen-bond acceptors (Lipinski definition) is 4. The fourth-order valence-electron chi connectivity index (χ4n) is 5.29. The topological polar surface area (TPSA) is 55.5 Å². The van der Waals surface area contributed by atoms with Gasteiger partial charge in [-0.3, -0.25) is 0 Å². The molecule has 186 valence electrons. The maximum Gasteiger partial charge on any atom is 0.127 e. The van der Waals surface area contributed by atoms with Crippen LogP contribution in [-0.2, 0) is 13.0 Å². The Bertz CT molecular complexity index is 1530. The van der Waals surface area contributed by atoms with Gasteiger partial charge in [-0.05, 0) is 53.4 Å². The first-order valence-electron chi connectivity index (χ1n) is 12.6. The molecule has 0 fully saturated rings. The Labute approximate surface area is 217 Å². The highest BCUT2D eigenvalue weighted by atomic mass is 16.5. The predicted octanol–water partition coefficient (Wildman–Crippen LogP) is 6.67. The van der Waals surface area contributed by atoms with Gasteiger partial charge in [-0.15, -0.1) is 0 Å². The summed E-state index contributed by atoms with van der Waals surface area (Å²) in [5.74, 6) is 2.53. The number of methoxy groups -OCH3 is 2. The lowest BCUT2D eigenvalue weighted by Crippen LogP contribution is -2.30. The van der Waals surface area contributed by atoms with E-state index in [9.17, 15) is 0 Å². The second-order valence-corrected chi connectivity index (χ2v) is 9.30. The van der Waals surface area contributed by atoms with E-state index in [1.165, 1.54) is 10.9 Å². The van der Waals surface area contributed by atoms with Crippen LogP contribution in [0.4, 0.5) is 0 Å². The van der Waals surface area contributed by atoms with Crippen LogP contribution in [0.25, 0.3) is 22.0 Å². The third-order valence-corrected chi connectivity index (χ3v) is 7.12. The van der Waals surface area contributed by atoms with E-state index in [4.69, 9.17) is 14.2 Å². The number of aromatic nitrogens is 1. The first-order valence-corrected chi connectivity index (χ1v) is 12.6. The molecule has 1 atom stereocenters. The van der Waals surface area contributed by atoms with Gasteiger partial charge >= 0.3 is 0 Å². The lowest BCUT2D eigenvalue weighted by molar-refractivity contribution is 0.306. The van der Waals surface area contributed by atoms with E-state index in [1.54, 1.807) is 14.2 Å². The first kappa shape index (κ1) is 23.2. The largest absolute Gasteiger partial charge is 0.496 e. The number of aromatic amines is 1. The molecule has 0 aliphatic carbocycles. The van der Waals surface area contributed by atoms with E-state index in [2.05, 4.69) is 58.8 Å². The number of benzene rings is 4. The molecule has 1 aliphatic rings. The van der Waals surface area contributed by atoms with E-state index in [0.29, 0.717) is 6.61 Å². The molecule has 0 saturated carbocycles. The van der Waals surface area contributed by atoms with Crippen LogP contribution in [0, 0.1) is 0 Å². The number of nitrogens with one attached hydrogen (secondary N) is 2. The molecule has 37 heavy (non-hydrogen) atoms. The van der Waals surface area contributed by atoms with Gasteiger partial charge in [0.1, 0.15) is 23.9 Å². The van der Waals surface area contributed by atoms with Gasteiger partial charge in [0.25, 0.3) is 0 Å². The minimum absolute atomic E-state index is 0.0430. The summed E-state index contributed by atoms with van der Waals surface area (Å²) in [6.45, 7) is 1.42. The van der Waals surface area contributed by atoms with Crippen molar-refractivity contribution in [3.63, 3.8) is 0 Å². The Morgan fingerprint density at radius 3 is 2.32 bits per heavy atom. The van der Waals surface area contributed by atoms with Gasteiger partial charge in [-0.2, -0.15) is 0 Å². The van der Waals surface area contributed by atoms with Crippen molar-refractivity contribution in [1.29, 1.82) is 0 Å². The minimum Gasteiger partial charge on any atom is -0.496 e. The minimum atomic E-state index is -0.0430. The Morgan fingerprint density at radius 2 is 1.57 bits per heavy atom. The van der Waals surface area contributed by atoms with E-state index in [0.717, 1.165) is 63.7 Å². The first-order chi connectivity index (χ1) is 18.2. The van der Waals surface area contributed by atoms with Gasteiger partial charge in [0.15, 0.2) is 0 Å². The number of fused-ring (bicyclic) bond motifs is 3. The van der Waals surface area contributed by atoms with Crippen LogP contribution < -0.4 is 19.5 Å². The van der Waals surface area contributed by atoms with E-state index >= 15 is 0 Å². The van der Waals surface area contributed by atoms with Crippen molar-refractivity contribution in [2.75, 3.05) is 20.8 Å². The molecule has 2 heterocycles. The Kier molecular flexibility index (Phi) is 6.29. The highest BCUT2D eigenvalue weighted by Gasteiger charge is 2.29. The Balaban J connectivity index is 1.37. The molecule has 6 rings (SSSR count). The van der Waals surface area contributed by atoms with Crippen molar-refractivity contribution in [3.05, 3.63) is 113 Å². The summed E-state index contributed by atoms with van der Waals surface area (Å²) in [5, 5.41) is 4.91. The molecule has 1 aliphatic heterocycles. The SMILES string of the molecule is COc1cc(C2NCCc3c2[nH]c2ccc(OCc4ccccc4)cc32)c(OC)cc1-c1ccccc1. The van der Waals surface area contributed by atoms with Gasteiger partial charge in [-0.1, -0.05) is 60.7 Å². The molecule has 0 bridgehead atoms. The normalized spacial score (nSPS) is 14.8. The average Bonchev–Trinajstić information content (AvgIpc) is 3.34. The Hall–Kier alpha value is -4.22. The summed E-state index contributed by atoms with van der Waals surface area (Å²) in [6.07, 6.45) is 0.940. The molecule has 2 N–H and O–H groups in total. The number of hydrogen-bond donors (Lipinski definition) is 2. The third kappa shape index (κ3) is 4.43. The summed E-state index contributed by atoms with van der Waals surface area (Å²) in [6, 6.07) is 31.0. The van der Waals surface area contributed by atoms with E-state index < -0.39 is 0 Å². The molecule has 0 spiro atoms. The molecule has 5 aromatic rings. The third-order valence-electron chi connectivity index (χ3n) is 7.12. The molecule has 0 amide bonds. The van der Waals surface area contributed by atoms with Crippen molar-refractivity contribution in [2.24, 2.45) is 0 Å². The maximum absolute atomic E-state index is 6.13. The molecule has 0 radical (unpaired) electrons. The zero-order valence-corrected chi connectivity index (χ0v) is 21.1. The number of H-pyrrole nitrogens is 1. The molecule has 1 unspecified atom stereocenters. The van der Waals surface area contributed by atoms with Crippen LogP contribution in [0.1, 0.15) is 28.4 Å². The van der Waals surface area contributed by atoms with Crippen LogP contribution >= 0.6 is 0 Å². The molecule has 1 aromatic heterocycles. The highest BCUT2D eigenvalue weighted by molar-refractivity contribution is 5.87. The zero-order chi connectivity index (χ0) is 25.2. The van der Waals surface area contributed by atoms with Gasteiger partial charge < -0.3 is 24.5 Å². The monoisotopic (exact) mass is 490 g/mol. The quantitative estimate of drug-likeness (QED) is 0.268. The lowest BCUT2D eigenvalue weighted by Gasteiger charge is -2.27. The van der Waals surface area contributed by atoms with Crippen LogP contribution in [0.15, 0.2) is 91.0 Å². The number of rotatable bonds is 7. The maximum atomic E-state index is 6.13. The van der Waals surface area contributed by atoms with Crippen molar-refractivity contribution in [3.8, 4) is 28.4 Å². The second-order valence-electron chi connectivity index (χ2n) is 9.30. The standard InChI is InChI=1S/C32H30N2O3/c1-35-29-19-27(30(36-2)18-25(29)22-11-7-4-8-12-22)31-32-24(15-16-33-31)26-17-23(13-14-28(26)34-32)37-20-21-9-5-3-6-10-21/h3-14,17-19,31,33-34H,15-16,20H2,1-2H3. The fourth-order valence-corrected chi connectivity index (χ4v) is 5.29. The fraction of sp³-hybridized carbons (Fsp3) is 0.188. The van der Waals surface area contributed by atoms with Crippen molar-refractivity contribution >= 4 is 10.9 Å². The molecular formula is C32H30N2O3. The van der Waals surface area contributed by atoms with Crippen molar-refractivity contribution in [1.82, 2.24) is 10.3 Å². The molecule has 0 saturated heterocycles. The molecule has 5 heteroatoms. The summed E-state index contributed by atoms with van der Waals surface area (Å²) in [4.78, 5) is 3.69. The van der Waals surface area contributed by atoms with Gasteiger partial charge in [0, 0.05) is 34.3 Å². The summed E-state index contributed by atoms with van der Waals surface area (Å²) in [5.41, 5.74) is 7.89. The van der Waals surface area contributed by atoms with Crippen LogP contribution in [-0.4, -0.2) is 25.7 Å². The summed E-state index contributed by atoms with van der Waals surface area (Å²) >= 11 is 0. The number of ether oxygens (including phenoxy) is 3. The van der Waals surface area contributed by atoms with Crippen molar-refractivity contribution < 1.29 is 14.2 Å². The molecular weight excluding hydrogens is 460 g/mol. The van der Waals surface area contributed by atoms with Crippen LogP contribution in [0.5, 0.6) is 17.2 Å².